The maximum absolute atomic E-state index is 6.00. The van der Waals surface area contributed by atoms with Crippen molar-refractivity contribution in [2.75, 3.05) is 27.7 Å². The van der Waals surface area contributed by atoms with Crippen LogP contribution in [0.25, 0.3) is 11.6 Å². The molecule has 2 aromatic carbocycles. The van der Waals surface area contributed by atoms with Crippen LogP contribution in [0.1, 0.15) is 24.0 Å². The molecule has 3 heteroatoms. The number of ether oxygens (including phenoxy) is 1. The molecule has 0 N–H and O–H groups in total. The molecule has 0 aliphatic heterocycles. The molecular formula is C23H26ClNO. The number of hydrogen-bond donors (Lipinski definition) is 0. The van der Waals surface area contributed by atoms with Gasteiger partial charge in [-0.05, 0) is 79.4 Å². The van der Waals surface area contributed by atoms with Crippen molar-refractivity contribution >= 4 is 23.3 Å². The molecule has 1 aliphatic rings. The number of benzene rings is 2. The first-order valence-electron chi connectivity index (χ1n) is 9.02. The molecule has 0 aromatic heterocycles. The van der Waals surface area contributed by atoms with Crippen molar-refractivity contribution in [1.82, 2.24) is 4.90 Å². The molecule has 3 rings (SSSR count). The molecule has 0 unspecified atom stereocenters. The van der Waals surface area contributed by atoms with Crippen LogP contribution in [0, 0.1) is 5.92 Å². The van der Waals surface area contributed by atoms with Crippen LogP contribution in [0.3, 0.4) is 0 Å². The summed E-state index contributed by atoms with van der Waals surface area (Å²) in [7, 11) is 6.00. The third kappa shape index (κ3) is 4.78. The van der Waals surface area contributed by atoms with Crippen molar-refractivity contribution < 1.29 is 4.74 Å². The molecule has 0 fully saturated rings. The molecule has 0 saturated carbocycles. The predicted molar refractivity (Wildman–Crippen MR) is 112 cm³/mol. The van der Waals surface area contributed by atoms with E-state index in [1.807, 2.05) is 18.2 Å². The van der Waals surface area contributed by atoms with E-state index in [9.17, 15) is 0 Å². The third-order valence-corrected chi connectivity index (χ3v) is 5.02. The molecule has 0 amide bonds. The monoisotopic (exact) mass is 367 g/mol. The lowest BCUT2D eigenvalue weighted by Crippen LogP contribution is -2.24. The van der Waals surface area contributed by atoms with E-state index in [1.54, 1.807) is 7.11 Å². The van der Waals surface area contributed by atoms with Crippen LogP contribution < -0.4 is 4.74 Å². The van der Waals surface area contributed by atoms with E-state index in [0.29, 0.717) is 5.92 Å². The molecule has 26 heavy (non-hydrogen) atoms. The molecule has 0 radical (unpaired) electrons. The quantitative estimate of drug-likeness (QED) is 0.663. The summed E-state index contributed by atoms with van der Waals surface area (Å²) < 4.78 is 5.43. The van der Waals surface area contributed by atoms with E-state index in [4.69, 9.17) is 16.3 Å². The maximum atomic E-state index is 6.00. The minimum absolute atomic E-state index is 0.527. The standard InChI is InChI=1S/C23H26ClNO/c1-25(2)16-20-10-7-18(13-17-8-11-21(24)12-9-17)14-23(20)19-5-4-6-22(15-19)26-3/h4-6,8-9,11-15,20H,7,10,16H2,1-3H3/b18-13-/t20-/m1/s1. The molecule has 2 aromatic rings. The highest BCUT2D eigenvalue weighted by Gasteiger charge is 2.22. The molecule has 136 valence electrons. The van der Waals surface area contributed by atoms with Crippen molar-refractivity contribution in [1.29, 1.82) is 0 Å². The zero-order valence-corrected chi connectivity index (χ0v) is 16.5. The van der Waals surface area contributed by atoms with E-state index in [1.165, 1.54) is 22.3 Å². The Morgan fingerprint density at radius 1 is 1.15 bits per heavy atom. The highest BCUT2D eigenvalue weighted by atomic mass is 35.5. The van der Waals surface area contributed by atoms with Crippen LogP contribution in [0.5, 0.6) is 5.75 Å². The molecule has 0 bridgehead atoms. The Labute approximate surface area is 161 Å². The fourth-order valence-electron chi connectivity index (χ4n) is 3.53. The Kier molecular flexibility index (Phi) is 6.18. The van der Waals surface area contributed by atoms with Gasteiger partial charge in [0, 0.05) is 11.6 Å². The number of methoxy groups -OCH3 is 1. The summed E-state index contributed by atoms with van der Waals surface area (Å²) in [4.78, 5) is 2.27. The SMILES string of the molecule is COc1cccc(C2=C/C(=C\c3ccc(Cl)cc3)CC[C@@H]2CN(C)C)c1. The normalized spacial score (nSPS) is 18.9. The number of nitrogens with zero attached hydrogens (tertiary/aromatic N) is 1. The summed E-state index contributed by atoms with van der Waals surface area (Å²) in [6, 6.07) is 16.4. The summed E-state index contributed by atoms with van der Waals surface area (Å²) in [5.41, 5.74) is 5.19. The van der Waals surface area contributed by atoms with Crippen molar-refractivity contribution in [3.63, 3.8) is 0 Å². The number of hydrogen-bond acceptors (Lipinski definition) is 2. The average molecular weight is 368 g/mol. The van der Waals surface area contributed by atoms with Gasteiger partial charge in [-0.25, -0.2) is 0 Å². The second kappa shape index (κ2) is 8.57. The van der Waals surface area contributed by atoms with Gasteiger partial charge in [0.1, 0.15) is 5.75 Å². The molecule has 1 atom stereocenters. The van der Waals surface area contributed by atoms with Crippen molar-refractivity contribution in [3.8, 4) is 5.75 Å². The first-order chi connectivity index (χ1) is 12.5. The lowest BCUT2D eigenvalue weighted by Gasteiger charge is -2.28. The molecule has 1 aliphatic carbocycles. The second-order valence-corrected chi connectivity index (χ2v) is 7.54. The zero-order chi connectivity index (χ0) is 18.5. The molecule has 2 nitrogen and oxygen atoms in total. The summed E-state index contributed by atoms with van der Waals surface area (Å²) in [6.45, 7) is 1.05. The minimum Gasteiger partial charge on any atom is -0.497 e. The Bertz CT molecular complexity index is 805. The van der Waals surface area contributed by atoms with E-state index in [0.717, 1.165) is 30.2 Å². The van der Waals surface area contributed by atoms with Gasteiger partial charge >= 0.3 is 0 Å². The summed E-state index contributed by atoms with van der Waals surface area (Å²) >= 11 is 6.00. The van der Waals surface area contributed by atoms with E-state index >= 15 is 0 Å². The Morgan fingerprint density at radius 3 is 2.62 bits per heavy atom. The average Bonchev–Trinajstić information content (AvgIpc) is 2.64. The first kappa shape index (κ1) is 18.8. The fourth-order valence-corrected chi connectivity index (χ4v) is 3.65. The van der Waals surface area contributed by atoms with Gasteiger partial charge in [0.2, 0.25) is 0 Å². The van der Waals surface area contributed by atoms with Crippen molar-refractivity contribution in [2.45, 2.75) is 12.8 Å². The smallest absolute Gasteiger partial charge is 0.119 e. The van der Waals surface area contributed by atoms with Crippen LogP contribution >= 0.6 is 11.6 Å². The molecule has 0 heterocycles. The van der Waals surface area contributed by atoms with Crippen LogP contribution in [0.15, 0.2) is 60.2 Å². The van der Waals surface area contributed by atoms with Gasteiger partial charge in [-0.3, -0.25) is 0 Å². The van der Waals surface area contributed by atoms with E-state index < -0.39 is 0 Å². The Hall–Kier alpha value is -2.03. The highest BCUT2D eigenvalue weighted by Crippen LogP contribution is 2.37. The topological polar surface area (TPSA) is 12.5 Å². The van der Waals surface area contributed by atoms with E-state index in [2.05, 4.69) is 61.5 Å². The van der Waals surface area contributed by atoms with Gasteiger partial charge in [0.25, 0.3) is 0 Å². The van der Waals surface area contributed by atoms with Gasteiger partial charge in [-0.2, -0.15) is 0 Å². The van der Waals surface area contributed by atoms with E-state index in [-0.39, 0.29) is 0 Å². The number of rotatable bonds is 5. The predicted octanol–water partition coefficient (Wildman–Crippen LogP) is 5.79. The summed E-state index contributed by atoms with van der Waals surface area (Å²) in [6.07, 6.45) is 6.87. The van der Waals surface area contributed by atoms with Gasteiger partial charge in [0.15, 0.2) is 0 Å². The van der Waals surface area contributed by atoms with Gasteiger partial charge < -0.3 is 9.64 Å². The van der Waals surface area contributed by atoms with Crippen LogP contribution in [0.2, 0.25) is 5.02 Å². The van der Waals surface area contributed by atoms with Crippen LogP contribution in [-0.2, 0) is 0 Å². The fraction of sp³-hybridized carbons (Fsp3) is 0.304. The summed E-state index contributed by atoms with van der Waals surface area (Å²) in [5.74, 6) is 1.43. The maximum Gasteiger partial charge on any atom is 0.119 e. The first-order valence-corrected chi connectivity index (χ1v) is 9.40. The van der Waals surface area contributed by atoms with Crippen molar-refractivity contribution in [2.24, 2.45) is 5.92 Å². The zero-order valence-electron chi connectivity index (χ0n) is 15.7. The minimum atomic E-state index is 0.527. The summed E-state index contributed by atoms with van der Waals surface area (Å²) in [5, 5.41) is 0.773. The molecular weight excluding hydrogens is 342 g/mol. The van der Waals surface area contributed by atoms with Gasteiger partial charge in [-0.15, -0.1) is 0 Å². The lowest BCUT2D eigenvalue weighted by molar-refractivity contribution is 0.352. The van der Waals surface area contributed by atoms with Crippen molar-refractivity contribution in [3.05, 3.63) is 76.3 Å². The second-order valence-electron chi connectivity index (χ2n) is 7.10. The van der Waals surface area contributed by atoms with Crippen LogP contribution in [0.4, 0.5) is 0 Å². The lowest BCUT2D eigenvalue weighted by atomic mass is 9.81. The number of allylic oxidation sites excluding steroid dienone is 2. The van der Waals surface area contributed by atoms with Gasteiger partial charge in [0.05, 0.1) is 7.11 Å². The van der Waals surface area contributed by atoms with Gasteiger partial charge in [-0.1, -0.05) is 48.0 Å². The highest BCUT2D eigenvalue weighted by molar-refractivity contribution is 6.30. The largest absolute Gasteiger partial charge is 0.497 e. The molecule has 0 spiro atoms. The number of halogens is 1. The van der Waals surface area contributed by atoms with Crippen LogP contribution in [-0.4, -0.2) is 32.6 Å². The molecule has 0 saturated heterocycles. The third-order valence-electron chi connectivity index (χ3n) is 4.77. The Morgan fingerprint density at radius 2 is 1.92 bits per heavy atom. The Balaban J connectivity index is 1.97.